The monoisotopic (exact) mass is 323 g/mol. The Morgan fingerprint density at radius 1 is 1.33 bits per heavy atom. The molecule has 0 radical (unpaired) electrons. The Morgan fingerprint density at radius 3 is 2.96 bits per heavy atom. The van der Waals surface area contributed by atoms with Gasteiger partial charge in [0, 0.05) is 30.9 Å². The van der Waals surface area contributed by atoms with E-state index in [1.807, 2.05) is 55.4 Å². The number of benzene rings is 1. The summed E-state index contributed by atoms with van der Waals surface area (Å²) in [5, 5.41) is 0.984. The largest absolute Gasteiger partial charge is 0.451 e. The molecule has 1 fully saturated rings. The fourth-order valence-electron chi connectivity index (χ4n) is 3.61. The van der Waals surface area contributed by atoms with E-state index in [0.717, 1.165) is 41.7 Å². The molecule has 0 N–H and O–H groups in total. The topological polar surface area (TPSA) is 51.3 Å². The van der Waals surface area contributed by atoms with Crippen LogP contribution in [0.5, 0.6) is 0 Å². The molecule has 0 unspecified atom stereocenters. The molecule has 24 heavy (non-hydrogen) atoms. The molecule has 1 aliphatic rings. The van der Waals surface area contributed by atoms with Crippen LogP contribution in [0.4, 0.5) is 0 Å². The zero-order chi connectivity index (χ0) is 16.7. The summed E-state index contributed by atoms with van der Waals surface area (Å²) in [6.45, 7) is 5.48. The van der Waals surface area contributed by atoms with Crippen molar-refractivity contribution < 1.29 is 9.21 Å². The molecule has 1 atom stereocenters. The van der Waals surface area contributed by atoms with Crippen molar-refractivity contribution >= 4 is 16.9 Å². The number of hydrogen-bond donors (Lipinski definition) is 0. The number of aromatic nitrogens is 2. The van der Waals surface area contributed by atoms with Gasteiger partial charge in [-0.15, -0.1) is 0 Å². The third-order valence-electron chi connectivity index (χ3n) is 4.89. The van der Waals surface area contributed by atoms with Crippen LogP contribution in [0.3, 0.4) is 0 Å². The summed E-state index contributed by atoms with van der Waals surface area (Å²) in [5.41, 5.74) is 1.86. The van der Waals surface area contributed by atoms with Crippen LogP contribution in [-0.4, -0.2) is 33.4 Å². The molecule has 3 heterocycles. The van der Waals surface area contributed by atoms with Gasteiger partial charge in [-0.2, -0.15) is 0 Å². The fraction of sp³-hybridized carbons (Fsp3) is 0.368. The van der Waals surface area contributed by atoms with E-state index in [1.54, 1.807) is 0 Å². The van der Waals surface area contributed by atoms with Gasteiger partial charge in [-0.25, -0.2) is 4.98 Å². The van der Waals surface area contributed by atoms with Crippen LogP contribution in [0.25, 0.3) is 11.0 Å². The molecular weight excluding hydrogens is 302 g/mol. The zero-order valence-electron chi connectivity index (χ0n) is 14.0. The van der Waals surface area contributed by atoms with Crippen LogP contribution in [0, 0.1) is 13.8 Å². The number of fused-ring (bicyclic) bond motifs is 1. The fourth-order valence-corrected chi connectivity index (χ4v) is 3.61. The number of carbonyl (C=O) groups excluding carboxylic acids is 1. The van der Waals surface area contributed by atoms with Crippen LogP contribution in [-0.2, 0) is 0 Å². The Hall–Kier alpha value is -2.56. The second-order valence-electron chi connectivity index (χ2n) is 6.53. The zero-order valence-corrected chi connectivity index (χ0v) is 14.0. The Bertz CT molecular complexity index is 893. The van der Waals surface area contributed by atoms with Gasteiger partial charge in [-0.3, -0.25) is 4.79 Å². The molecule has 0 bridgehead atoms. The van der Waals surface area contributed by atoms with Crippen molar-refractivity contribution in [3.63, 3.8) is 0 Å². The van der Waals surface area contributed by atoms with Gasteiger partial charge in [0.25, 0.3) is 5.91 Å². The van der Waals surface area contributed by atoms with Crippen LogP contribution in [0.1, 0.15) is 40.8 Å². The van der Waals surface area contributed by atoms with E-state index < -0.39 is 0 Å². The van der Waals surface area contributed by atoms with E-state index in [0.29, 0.717) is 12.3 Å². The van der Waals surface area contributed by atoms with Crippen molar-refractivity contribution in [2.24, 2.45) is 0 Å². The van der Waals surface area contributed by atoms with E-state index in [9.17, 15) is 4.79 Å². The summed E-state index contributed by atoms with van der Waals surface area (Å²) in [7, 11) is 0. The average molecular weight is 323 g/mol. The van der Waals surface area contributed by atoms with Gasteiger partial charge in [-0.05, 0) is 38.3 Å². The van der Waals surface area contributed by atoms with E-state index in [1.165, 1.54) is 0 Å². The molecule has 5 nitrogen and oxygen atoms in total. The summed E-state index contributed by atoms with van der Waals surface area (Å²) >= 11 is 0. The van der Waals surface area contributed by atoms with E-state index in [-0.39, 0.29) is 11.9 Å². The van der Waals surface area contributed by atoms with Gasteiger partial charge < -0.3 is 13.9 Å². The number of aryl methyl sites for hydroxylation is 2. The molecule has 1 saturated heterocycles. The first-order valence-electron chi connectivity index (χ1n) is 8.41. The first-order chi connectivity index (χ1) is 11.6. The Kier molecular flexibility index (Phi) is 3.63. The number of likely N-dealkylation sites (tertiary alicyclic amines) is 1. The normalized spacial score (nSPS) is 18.2. The van der Waals surface area contributed by atoms with E-state index in [4.69, 9.17) is 4.42 Å². The lowest BCUT2D eigenvalue weighted by Crippen LogP contribution is -2.40. The van der Waals surface area contributed by atoms with Gasteiger partial charge in [-0.1, -0.05) is 18.2 Å². The second kappa shape index (κ2) is 5.82. The SMILES string of the molecule is Cc1cccc2cc(C(=O)N3CCC[C@@H](n4ccnc4C)C3)oc12. The first-order valence-corrected chi connectivity index (χ1v) is 8.41. The lowest BCUT2D eigenvalue weighted by molar-refractivity contribution is 0.0648. The number of piperidine rings is 1. The molecule has 2 aromatic heterocycles. The highest BCUT2D eigenvalue weighted by atomic mass is 16.3. The molecule has 1 aliphatic heterocycles. The molecule has 0 aliphatic carbocycles. The first kappa shape index (κ1) is 15.0. The average Bonchev–Trinajstić information content (AvgIpc) is 3.21. The van der Waals surface area contributed by atoms with Crippen molar-refractivity contribution in [3.05, 3.63) is 53.8 Å². The predicted molar refractivity (Wildman–Crippen MR) is 92.1 cm³/mol. The van der Waals surface area contributed by atoms with Gasteiger partial charge >= 0.3 is 0 Å². The molecule has 5 heteroatoms. The van der Waals surface area contributed by atoms with E-state index >= 15 is 0 Å². The van der Waals surface area contributed by atoms with Crippen LogP contribution in [0.15, 0.2) is 41.1 Å². The third kappa shape index (κ3) is 2.50. The van der Waals surface area contributed by atoms with E-state index in [2.05, 4.69) is 9.55 Å². The smallest absolute Gasteiger partial charge is 0.289 e. The molecule has 0 spiro atoms. The highest BCUT2D eigenvalue weighted by molar-refractivity contribution is 5.96. The Balaban J connectivity index is 1.59. The van der Waals surface area contributed by atoms with Gasteiger partial charge in [0.15, 0.2) is 5.76 Å². The number of amides is 1. The predicted octanol–water partition coefficient (Wildman–Crippen LogP) is 3.72. The van der Waals surface area contributed by atoms with Crippen molar-refractivity contribution in [1.82, 2.24) is 14.5 Å². The van der Waals surface area contributed by atoms with Crippen LogP contribution < -0.4 is 0 Å². The number of nitrogens with zero attached hydrogens (tertiary/aromatic N) is 3. The lowest BCUT2D eigenvalue weighted by atomic mass is 10.0. The van der Waals surface area contributed by atoms with Crippen LogP contribution in [0.2, 0.25) is 0 Å². The maximum absolute atomic E-state index is 12.9. The van der Waals surface area contributed by atoms with Crippen molar-refractivity contribution in [3.8, 4) is 0 Å². The maximum atomic E-state index is 12.9. The molecule has 124 valence electrons. The number of para-hydroxylation sites is 1. The summed E-state index contributed by atoms with van der Waals surface area (Å²) in [6, 6.07) is 8.11. The van der Waals surface area contributed by atoms with Gasteiger partial charge in [0.2, 0.25) is 0 Å². The molecule has 3 aromatic rings. The molecule has 0 saturated carbocycles. The second-order valence-corrected chi connectivity index (χ2v) is 6.53. The van der Waals surface area contributed by atoms with Gasteiger partial charge in [0.1, 0.15) is 11.4 Å². The quantitative estimate of drug-likeness (QED) is 0.722. The Morgan fingerprint density at radius 2 is 2.21 bits per heavy atom. The number of furan rings is 1. The third-order valence-corrected chi connectivity index (χ3v) is 4.89. The maximum Gasteiger partial charge on any atom is 0.289 e. The number of hydrogen-bond acceptors (Lipinski definition) is 3. The summed E-state index contributed by atoms with van der Waals surface area (Å²) in [5.74, 6) is 1.41. The molecule has 1 aromatic carbocycles. The minimum atomic E-state index is -0.0203. The summed E-state index contributed by atoms with van der Waals surface area (Å²) in [4.78, 5) is 19.1. The molecule has 4 rings (SSSR count). The highest BCUT2D eigenvalue weighted by Crippen LogP contribution is 2.27. The summed E-state index contributed by atoms with van der Waals surface area (Å²) < 4.78 is 8.02. The minimum absolute atomic E-state index is 0.0203. The van der Waals surface area contributed by atoms with Crippen molar-refractivity contribution in [2.75, 3.05) is 13.1 Å². The van der Waals surface area contributed by atoms with Gasteiger partial charge in [0.05, 0.1) is 6.04 Å². The number of carbonyl (C=O) groups is 1. The standard InChI is InChI=1S/C19H21N3O2/c1-13-5-3-6-15-11-17(24-18(13)15)19(23)21-9-4-7-16(12-21)22-10-8-20-14(22)2/h3,5-6,8,10-11,16H,4,7,9,12H2,1-2H3/t16-/m1/s1. The van der Waals surface area contributed by atoms with Crippen LogP contribution >= 0.6 is 0 Å². The van der Waals surface area contributed by atoms with Crippen molar-refractivity contribution in [2.45, 2.75) is 32.7 Å². The molecular formula is C19H21N3O2. The lowest BCUT2D eigenvalue weighted by Gasteiger charge is -2.33. The molecule has 1 amide bonds. The Labute approximate surface area is 140 Å². The minimum Gasteiger partial charge on any atom is -0.451 e. The van der Waals surface area contributed by atoms with Crippen molar-refractivity contribution in [1.29, 1.82) is 0 Å². The highest BCUT2D eigenvalue weighted by Gasteiger charge is 2.28. The number of imidazole rings is 1. The number of rotatable bonds is 2. The summed E-state index contributed by atoms with van der Waals surface area (Å²) in [6.07, 6.45) is 5.88.